The molecule has 0 aliphatic heterocycles. The van der Waals surface area contributed by atoms with Crippen LogP contribution in [0.2, 0.25) is 0 Å². The minimum atomic E-state index is -0.476. The summed E-state index contributed by atoms with van der Waals surface area (Å²) in [4.78, 5) is 14.6. The van der Waals surface area contributed by atoms with E-state index < -0.39 is 4.92 Å². The number of nitrogens with zero attached hydrogens (tertiary/aromatic N) is 2. The summed E-state index contributed by atoms with van der Waals surface area (Å²) < 4.78 is 5.50. The number of ether oxygens (including phenoxy) is 1. The first-order valence-electron chi connectivity index (χ1n) is 5.68. The van der Waals surface area contributed by atoms with E-state index in [0.29, 0.717) is 11.7 Å². The average molecular weight is 259 g/mol. The third-order valence-electron chi connectivity index (χ3n) is 2.51. The number of rotatable bonds is 4. The van der Waals surface area contributed by atoms with Gasteiger partial charge in [-0.05, 0) is 24.6 Å². The van der Waals surface area contributed by atoms with Crippen molar-refractivity contribution in [3.63, 3.8) is 0 Å². The molecular formula is C13H13N3O3. The number of benzene rings is 1. The summed E-state index contributed by atoms with van der Waals surface area (Å²) in [6.07, 6.45) is 0. The highest BCUT2D eigenvalue weighted by Crippen LogP contribution is 2.31. The zero-order valence-electron chi connectivity index (χ0n) is 10.6. The summed E-state index contributed by atoms with van der Waals surface area (Å²) in [5.41, 5.74) is 0.799. The quantitative estimate of drug-likeness (QED) is 0.674. The smallest absolute Gasteiger partial charge is 0.311 e. The number of nitro groups is 1. The Bertz CT molecular complexity index is 614. The molecule has 0 bridgehead atoms. The Kier molecular flexibility index (Phi) is 3.61. The topological polar surface area (TPSA) is 77.3 Å². The highest BCUT2D eigenvalue weighted by atomic mass is 16.6. The Balaban J connectivity index is 2.36. The highest BCUT2D eigenvalue weighted by Gasteiger charge is 2.16. The summed E-state index contributed by atoms with van der Waals surface area (Å²) in [5, 5.41) is 13.8. The number of hydrogen-bond acceptors (Lipinski definition) is 5. The van der Waals surface area contributed by atoms with Gasteiger partial charge in [0.15, 0.2) is 0 Å². The van der Waals surface area contributed by atoms with Gasteiger partial charge in [0.2, 0.25) is 11.6 Å². The number of hydrogen-bond donors (Lipinski definition) is 1. The van der Waals surface area contributed by atoms with Crippen molar-refractivity contribution in [3.05, 3.63) is 52.1 Å². The zero-order chi connectivity index (χ0) is 13.8. The summed E-state index contributed by atoms with van der Waals surface area (Å²) in [6, 6.07) is 9.89. The van der Waals surface area contributed by atoms with E-state index in [1.165, 1.54) is 6.07 Å². The molecule has 0 fully saturated rings. The van der Waals surface area contributed by atoms with Gasteiger partial charge < -0.3 is 10.1 Å². The maximum atomic E-state index is 10.9. The van der Waals surface area contributed by atoms with E-state index in [1.54, 1.807) is 37.4 Å². The summed E-state index contributed by atoms with van der Waals surface area (Å²) in [6.45, 7) is 1.84. The maximum absolute atomic E-state index is 10.9. The monoisotopic (exact) mass is 259 g/mol. The first-order valence-corrected chi connectivity index (χ1v) is 5.68. The first-order chi connectivity index (χ1) is 9.10. The number of nitro benzene ring substituents is 1. The van der Waals surface area contributed by atoms with Crippen molar-refractivity contribution >= 4 is 11.5 Å². The van der Waals surface area contributed by atoms with Crippen LogP contribution < -0.4 is 10.1 Å². The molecule has 1 aromatic carbocycles. The first kappa shape index (κ1) is 12.8. The Morgan fingerprint density at radius 1 is 1.32 bits per heavy atom. The van der Waals surface area contributed by atoms with Gasteiger partial charge in [0, 0.05) is 19.2 Å². The van der Waals surface area contributed by atoms with Crippen molar-refractivity contribution in [1.29, 1.82) is 0 Å². The second-order valence-electron chi connectivity index (χ2n) is 3.94. The average Bonchev–Trinajstić information content (AvgIpc) is 2.38. The number of pyridine rings is 1. The third-order valence-corrected chi connectivity index (χ3v) is 2.51. The Morgan fingerprint density at radius 3 is 2.79 bits per heavy atom. The molecule has 1 heterocycles. The normalized spacial score (nSPS) is 10.0. The fourth-order valence-corrected chi connectivity index (χ4v) is 1.58. The largest absolute Gasteiger partial charge is 0.432 e. The molecule has 2 rings (SSSR count). The Labute approximate surface area is 110 Å². The number of nitrogens with one attached hydrogen (secondary N) is 1. The molecule has 1 N–H and O–H groups in total. The molecular weight excluding hydrogens is 246 g/mol. The molecule has 0 aliphatic rings. The van der Waals surface area contributed by atoms with E-state index in [0.717, 1.165) is 5.56 Å². The number of aromatic nitrogens is 1. The van der Waals surface area contributed by atoms with Crippen LogP contribution in [-0.4, -0.2) is 17.0 Å². The van der Waals surface area contributed by atoms with Crippen LogP contribution in [0.25, 0.3) is 0 Å². The fraction of sp³-hybridized carbons (Fsp3) is 0.154. The van der Waals surface area contributed by atoms with Gasteiger partial charge in [-0.15, -0.1) is 0 Å². The van der Waals surface area contributed by atoms with Crippen LogP contribution in [0.4, 0.5) is 11.5 Å². The Hall–Kier alpha value is -2.63. The molecule has 0 saturated heterocycles. The second kappa shape index (κ2) is 5.34. The maximum Gasteiger partial charge on any atom is 0.311 e. The lowest BCUT2D eigenvalue weighted by molar-refractivity contribution is -0.385. The van der Waals surface area contributed by atoms with E-state index in [4.69, 9.17) is 4.74 Å². The van der Waals surface area contributed by atoms with Gasteiger partial charge >= 0.3 is 5.69 Å². The van der Waals surface area contributed by atoms with Crippen molar-refractivity contribution in [2.24, 2.45) is 0 Å². The summed E-state index contributed by atoms with van der Waals surface area (Å²) >= 11 is 0. The van der Waals surface area contributed by atoms with E-state index in [9.17, 15) is 10.1 Å². The molecule has 0 amide bonds. The van der Waals surface area contributed by atoms with E-state index in [-0.39, 0.29) is 11.4 Å². The lowest BCUT2D eigenvalue weighted by Crippen LogP contribution is -1.97. The van der Waals surface area contributed by atoms with E-state index in [1.807, 2.05) is 6.92 Å². The zero-order valence-corrected chi connectivity index (χ0v) is 10.6. The van der Waals surface area contributed by atoms with Crippen molar-refractivity contribution in [3.8, 4) is 11.6 Å². The molecule has 98 valence electrons. The van der Waals surface area contributed by atoms with Crippen LogP contribution >= 0.6 is 0 Å². The van der Waals surface area contributed by atoms with Crippen molar-refractivity contribution in [2.45, 2.75) is 6.92 Å². The minimum absolute atomic E-state index is 0.0812. The predicted octanol–water partition coefficient (Wildman–Crippen LogP) is 3.13. The van der Waals surface area contributed by atoms with Gasteiger partial charge in [0.25, 0.3) is 0 Å². The standard InChI is InChI=1S/C13H13N3O3/c1-9-6-7-10(16(17)18)11(8-9)19-13-5-3-4-12(14-2)15-13/h3-8H,1-2H3,(H,14,15). The molecule has 6 nitrogen and oxygen atoms in total. The molecule has 0 saturated carbocycles. The van der Waals surface area contributed by atoms with Crippen LogP contribution in [0.1, 0.15) is 5.56 Å². The molecule has 0 spiro atoms. The van der Waals surface area contributed by atoms with Crippen LogP contribution in [0.15, 0.2) is 36.4 Å². The van der Waals surface area contributed by atoms with E-state index >= 15 is 0 Å². The number of aryl methyl sites for hydroxylation is 1. The molecule has 0 aliphatic carbocycles. The fourth-order valence-electron chi connectivity index (χ4n) is 1.58. The molecule has 1 aromatic heterocycles. The van der Waals surface area contributed by atoms with Crippen LogP contribution in [0.5, 0.6) is 11.6 Å². The highest BCUT2D eigenvalue weighted by molar-refractivity contribution is 5.50. The van der Waals surface area contributed by atoms with Crippen LogP contribution in [0, 0.1) is 17.0 Å². The third kappa shape index (κ3) is 2.98. The van der Waals surface area contributed by atoms with Crippen molar-refractivity contribution < 1.29 is 9.66 Å². The lowest BCUT2D eigenvalue weighted by atomic mass is 10.2. The van der Waals surface area contributed by atoms with Gasteiger partial charge in [-0.25, -0.2) is 0 Å². The molecule has 19 heavy (non-hydrogen) atoms. The van der Waals surface area contributed by atoms with Crippen LogP contribution in [0.3, 0.4) is 0 Å². The second-order valence-corrected chi connectivity index (χ2v) is 3.94. The summed E-state index contributed by atoms with van der Waals surface area (Å²) in [7, 11) is 1.74. The van der Waals surface area contributed by atoms with E-state index in [2.05, 4.69) is 10.3 Å². The molecule has 0 unspecified atom stereocenters. The van der Waals surface area contributed by atoms with Crippen LogP contribution in [-0.2, 0) is 0 Å². The molecule has 2 aromatic rings. The Morgan fingerprint density at radius 2 is 2.11 bits per heavy atom. The van der Waals surface area contributed by atoms with Gasteiger partial charge in [-0.3, -0.25) is 10.1 Å². The minimum Gasteiger partial charge on any atom is -0.432 e. The predicted molar refractivity (Wildman–Crippen MR) is 71.7 cm³/mol. The molecule has 0 atom stereocenters. The SMILES string of the molecule is CNc1cccc(Oc2cc(C)ccc2[N+](=O)[O-])n1. The van der Waals surface area contributed by atoms with Crippen molar-refractivity contribution in [1.82, 2.24) is 4.98 Å². The van der Waals surface area contributed by atoms with Crippen molar-refractivity contribution in [2.75, 3.05) is 12.4 Å². The van der Waals surface area contributed by atoms with Gasteiger partial charge in [-0.2, -0.15) is 4.98 Å². The molecule has 0 radical (unpaired) electrons. The van der Waals surface area contributed by atoms with Gasteiger partial charge in [-0.1, -0.05) is 12.1 Å². The van der Waals surface area contributed by atoms with Gasteiger partial charge in [0.1, 0.15) is 5.82 Å². The lowest BCUT2D eigenvalue weighted by Gasteiger charge is -2.07. The van der Waals surface area contributed by atoms with Gasteiger partial charge in [0.05, 0.1) is 4.92 Å². The number of anilines is 1. The summed E-state index contributed by atoms with van der Waals surface area (Å²) in [5.74, 6) is 1.12. The molecule has 6 heteroatoms.